The number of nitrogens with one attached hydrogen (secondary N) is 2. The molecule has 0 radical (unpaired) electrons. The van der Waals surface area contributed by atoms with E-state index < -0.39 is 39.5 Å². The van der Waals surface area contributed by atoms with Gasteiger partial charge in [-0.25, -0.2) is 17.2 Å². The third-order valence-electron chi connectivity index (χ3n) is 5.26. The van der Waals surface area contributed by atoms with Gasteiger partial charge >= 0.3 is 0 Å². The molecule has 3 rings (SSSR count). The highest BCUT2D eigenvalue weighted by atomic mass is 32.2. The number of ether oxygens (including phenoxy) is 1. The highest BCUT2D eigenvalue weighted by Crippen LogP contribution is 2.19. The number of hydrogen-bond acceptors (Lipinski definition) is 5. The third-order valence-corrected chi connectivity index (χ3v) is 7.18. The van der Waals surface area contributed by atoms with Crippen LogP contribution in [0.1, 0.15) is 23.6 Å². The second-order valence-corrected chi connectivity index (χ2v) is 9.39. The zero-order valence-corrected chi connectivity index (χ0v) is 18.8. The number of carbonyl (C=O) groups excluding carboxylic acids is 2. The van der Waals surface area contributed by atoms with Gasteiger partial charge in [0.05, 0.1) is 18.1 Å². The van der Waals surface area contributed by atoms with E-state index in [-0.39, 0.29) is 16.9 Å². The van der Waals surface area contributed by atoms with E-state index in [1.807, 2.05) is 0 Å². The van der Waals surface area contributed by atoms with Crippen molar-refractivity contribution in [2.45, 2.75) is 23.8 Å². The minimum Gasteiger partial charge on any atom is -0.379 e. The Kier molecular flexibility index (Phi) is 8.11. The molecule has 2 amide bonds. The van der Waals surface area contributed by atoms with E-state index in [1.54, 1.807) is 12.1 Å². The van der Waals surface area contributed by atoms with E-state index in [0.29, 0.717) is 32.7 Å². The SMILES string of the molecule is CNC(=O)C(NC(=O)CCc1ccc(S(=O)(=O)N2CCOCC2)cc1)c1ccc(F)c(F)c1. The number of nitrogens with zero attached hydrogens (tertiary/aromatic N) is 1. The highest BCUT2D eigenvalue weighted by Gasteiger charge is 2.26. The summed E-state index contributed by atoms with van der Waals surface area (Å²) in [7, 11) is -2.23. The number of hydrogen-bond donors (Lipinski definition) is 2. The molecule has 1 aliphatic heterocycles. The number of rotatable bonds is 8. The Bertz CT molecular complexity index is 1100. The Morgan fingerprint density at radius 2 is 1.73 bits per heavy atom. The van der Waals surface area contributed by atoms with Crippen molar-refractivity contribution in [3.8, 4) is 0 Å². The number of sulfonamides is 1. The molecule has 1 heterocycles. The first-order valence-electron chi connectivity index (χ1n) is 10.3. The van der Waals surface area contributed by atoms with Crippen LogP contribution in [0.3, 0.4) is 0 Å². The van der Waals surface area contributed by atoms with Gasteiger partial charge in [0.15, 0.2) is 11.6 Å². The zero-order chi connectivity index (χ0) is 24.0. The second-order valence-electron chi connectivity index (χ2n) is 7.45. The maximum Gasteiger partial charge on any atom is 0.246 e. The van der Waals surface area contributed by atoms with Gasteiger partial charge in [0.25, 0.3) is 0 Å². The summed E-state index contributed by atoms with van der Waals surface area (Å²) in [5.41, 5.74) is 0.842. The van der Waals surface area contributed by atoms with Crippen LogP contribution in [0.25, 0.3) is 0 Å². The molecule has 1 fully saturated rings. The summed E-state index contributed by atoms with van der Waals surface area (Å²) >= 11 is 0. The predicted molar refractivity (Wildman–Crippen MR) is 116 cm³/mol. The summed E-state index contributed by atoms with van der Waals surface area (Å²) in [5, 5.41) is 4.91. The average molecular weight is 482 g/mol. The molecule has 8 nitrogen and oxygen atoms in total. The van der Waals surface area contributed by atoms with Crippen molar-refractivity contribution < 1.29 is 31.5 Å². The second kappa shape index (κ2) is 10.8. The minimum atomic E-state index is -3.60. The molecule has 0 saturated carbocycles. The Balaban J connectivity index is 1.62. The van der Waals surface area contributed by atoms with Gasteiger partial charge in [-0.2, -0.15) is 4.31 Å². The normalized spacial score (nSPS) is 15.6. The van der Waals surface area contributed by atoms with Crippen LogP contribution < -0.4 is 10.6 Å². The monoisotopic (exact) mass is 481 g/mol. The first-order chi connectivity index (χ1) is 15.7. The van der Waals surface area contributed by atoms with E-state index in [4.69, 9.17) is 4.74 Å². The number of halogens is 2. The molecule has 0 bridgehead atoms. The van der Waals surface area contributed by atoms with Crippen LogP contribution in [0.15, 0.2) is 47.4 Å². The highest BCUT2D eigenvalue weighted by molar-refractivity contribution is 7.89. The fraction of sp³-hybridized carbons (Fsp3) is 0.364. The Morgan fingerprint density at radius 1 is 1.06 bits per heavy atom. The third kappa shape index (κ3) is 6.12. The van der Waals surface area contributed by atoms with E-state index >= 15 is 0 Å². The molecule has 0 aromatic heterocycles. The number of amides is 2. The summed E-state index contributed by atoms with van der Waals surface area (Å²) < 4.78 is 58.7. The van der Waals surface area contributed by atoms with Crippen LogP contribution in [-0.4, -0.2) is 57.9 Å². The van der Waals surface area contributed by atoms with Crippen LogP contribution >= 0.6 is 0 Å². The van der Waals surface area contributed by atoms with Crippen molar-refractivity contribution in [3.05, 3.63) is 65.2 Å². The molecule has 2 N–H and O–H groups in total. The Labute approximate surface area is 191 Å². The number of morpholine rings is 1. The van der Waals surface area contributed by atoms with Crippen LogP contribution in [-0.2, 0) is 30.8 Å². The molecule has 1 aliphatic rings. The predicted octanol–water partition coefficient (Wildman–Crippen LogP) is 1.52. The summed E-state index contributed by atoms with van der Waals surface area (Å²) in [6.45, 7) is 1.31. The molecule has 33 heavy (non-hydrogen) atoms. The Morgan fingerprint density at radius 3 is 2.33 bits per heavy atom. The standard InChI is InChI=1S/C22H25F2N3O5S/c1-25-22(29)21(16-5-8-18(23)19(24)14-16)26-20(28)9-4-15-2-6-17(7-3-15)33(30,31)27-10-12-32-13-11-27/h2-3,5-8,14,21H,4,9-13H2,1H3,(H,25,29)(H,26,28). The van der Waals surface area contributed by atoms with E-state index in [1.165, 1.54) is 29.6 Å². The lowest BCUT2D eigenvalue weighted by molar-refractivity contribution is -0.128. The fourth-order valence-electron chi connectivity index (χ4n) is 3.39. The van der Waals surface area contributed by atoms with E-state index in [9.17, 15) is 26.8 Å². The lowest BCUT2D eigenvalue weighted by atomic mass is 10.0. The zero-order valence-electron chi connectivity index (χ0n) is 18.0. The van der Waals surface area contributed by atoms with Crippen molar-refractivity contribution in [2.24, 2.45) is 0 Å². The van der Waals surface area contributed by atoms with E-state index in [0.717, 1.165) is 17.7 Å². The number of aryl methyl sites for hydroxylation is 1. The van der Waals surface area contributed by atoms with Crippen molar-refractivity contribution in [3.63, 3.8) is 0 Å². The molecule has 1 unspecified atom stereocenters. The average Bonchev–Trinajstić information content (AvgIpc) is 2.83. The van der Waals surface area contributed by atoms with Gasteiger partial charge in [-0.1, -0.05) is 18.2 Å². The summed E-state index contributed by atoms with van der Waals surface area (Å²) in [4.78, 5) is 24.8. The molecule has 1 saturated heterocycles. The molecule has 2 aromatic carbocycles. The van der Waals surface area contributed by atoms with Crippen molar-refractivity contribution >= 4 is 21.8 Å². The summed E-state index contributed by atoms with van der Waals surface area (Å²) in [5.74, 6) is -3.23. The lowest BCUT2D eigenvalue weighted by Gasteiger charge is -2.26. The maximum absolute atomic E-state index is 13.6. The van der Waals surface area contributed by atoms with Crippen molar-refractivity contribution in [2.75, 3.05) is 33.4 Å². The summed E-state index contributed by atoms with van der Waals surface area (Å²) in [6.07, 6.45) is 0.300. The number of benzene rings is 2. The number of carbonyl (C=O) groups is 2. The van der Waals surface area contributed by atoms with Gasteiger partial charge in [-0.15, -0.1) is 0 Å². The molecule has 1 atom stereocenters. The topological polar surface area (TPSA) is 105 Å². The molecular weight excluding hydrogens is 456 g/mol. The van der Waals surface area contributed by atoms with Crippen LogP contribution in [0, 0.1) is 11.6 Å². The smallest absolute Gasteiger partial charge is 0.246 e. The van der Waals surface area contributed by atoms with Crippen LogP contribution in [0.2, 0.25) is 0 Å². The largest absolute Gasteiger partial charge is 0.379 e. The van der Waals surface area contributed by atoms with Gasteiger partial charge in [0.2, 0.25) is 21.8 Å². The number of likely N-dealkylation sites (N-methyl/N-ethyl adjacent to an activating group) is 1. The quantitative estimate of drug-likeness (QED) is 0.595. The van der Waals surface area contributed by atoms with Gasteiger partial charge in [-0.3, -0.25) is 9.59 Å². The van der Waals surface area contributed by atoms with Gasteiger partial charge in [0.1, 0.15) is 6.04 Å². The molecule has 2 aromatic rings. The van der Waals surface area contributed by atoms with Crippen molar-refractivity contribution in [1.82, 2.24) is 14.9 Å². The van der Waals surface area contributed by atoms with E-state index in [2.05, 4.69) is 10.6 Å². The molecular formula is C22H25F2N3O5S. The molecule has 0 aliphatic carbocycles. The maximum atomic E-state index is 13.6. The van der Waals surface area contributed by atoms with Crippen LogP contribution in [0.5, 0.6) is 0 Å². The first-order valence-corrected chi connectivity index (χ1v) is 11.8. The van der Waals surface area contributed by atoms with Gasteiger partial charge in [-0.05, 0) is 41.8 Å². The fourth-order valence-corrected chi connectivity index (χ4v) is 4.80. The van der Waals surface area contributed by atoms with Gasteiger partial charge in [0, 0.05) is 26.6 Å². The lowest BCUT2D eigenvalue weighted by Crippen LogP contribution is -2.40. The minimum absolute atomic E-state index is 0.00668. The van der Waals surface area contributed by atoms with Gasteiger partial charge < -0.3 is 15.4 Å². The van der Waals surface area contributed by atoms with Crippen molar-refractivity contribution in [1.29, 1.82) is 0 Å². The first kappa shape index (κ1) is 24.7. The van der Waals surface area contributed by atoms with Crippen LogP contribution in [0.4, 0.5) is 8.78 Å². The molecule has 178 valence electrons. The molecule has 0 spiro atoms. The molecule has 11 heteroatoms. The Hall–Kier alpha value is -2.89. The summed E-state index contributed by atoms with van der Waals surface area (Å²) in [6, 6.07) is 8.05.